The summed E-state index contributed by atoms with van der Waals surface area (Å²) < 4.78 is 0. The van der Waals surface area contributed by atoms with E-state index in [1.165, 1.54) is 21.6 Å². The molecule has 0 unspecified atom stereocenters. The van der Waals surface area contributed by atoms with Crippen LogP contribution in [0.25, 0.3) is 11.1 Å². The zero-order chi connectivity index (χ0) is 16.4. The topological polar surface area (TPSA) is 23.5 Å². The minimum absolute atomic E-state index is 0.275. The normalized spacial score (nSPS) is 21.4. The Morgan fingerprint density at radius 1 is 1.04 bits per heavy atom. The first-order valence-electron chi connectivity index (χ1n) is 8.31. The zero-order valence-corrected chi connectivity index (χ0v) is 15.1. The van der Waals surface area contributed by atoms with Gasteiger partial charge in [-0.25, -0.2) is 0 Å². The summed E-state index contributed by atoms with van der Waals surface area (Å²) in [5.41, 5.74) is 3.98. The molecule has 4 heteroatoms. The van der Waals surface area contributed by atoms with Crippen LogP contribution in [-0.2, 0) is 6.54 Å². The van der Waals surface area contributed by atoms with Crippen LogP contribution in [0, 0.1) is 5.92 Å². The van der Waals surface area contributed by atoms with E-state index in [0.29, 0.717) is 11.8 Å². The molecule has 2 atom stereocenters. The number of likely N-dealkylation sites (tertiary alicyclic amines) is 1. The SMILES string of the molecule is OC[C@@H]1CN(Cc2cc(-c3ccccc3)cs2)C[C@H]1c1ccsc1. The molecule has 4 rings (SSSR count). The van der Waals surface area contributed by atoms with E-state index in [9.17, 15) is 5.11 Å². The highest BCUT2D eigenvalue weighted by Gasteiger charge is 2.33. The van der Waals surface area contributed by atoms with Gasteiger partial charge in [0.25, 0.3) is 0 Å². The molecule has 3 aromatic rings. The Bertz CT molecular complexity index is 766. The van der Waals surface area contributed by atoms with Gasteiger partial charge in [-0.15, -0.1) is 11.3 Å². The van der Waals surface area contributed by atoms with E-state index in [0.717, 1.165) is 19.6 Å². The molecular weight excluding hydrogens is 334 g/mol. The zero-order valence-electron chi connectivity index (χ0n) is 13.5. The fourth-order valence-electron chi connectivity index (χ4n) is 3.60. The van der Waals surface area contributed by atoms with Crippen LogP contribution in [0.5, 0.6) is 0 Å². The fraction of sp³-hybridized carbons (Fsp3) is 0.300. The second kappa shape index (κ2) is 7.19. The van der Waals surface area contributed by atoms with E-state index in [2.05, 4.69) is 63.5 Å². The number of nitrogens with zero attached hydrogens (tertiary/aromatic N) is 1. The van der Waals surface area contributed by atoms with Crippen molar-refractivity contribution in [3.05, 3.63) is 69.0 Å². The Hall–Kier alpha value is -1.46. The second-order valence-electron chi connectivity index (χ2n) is 6.47. The van der Waals surface area contributed by atoms with Crippen molar-refractivity contribution < 1.29 is 5.11 Å². The highest BCUT2D eigenvalue weighted by atomic mass is 32.1. The maximum Gasteiger partial charge on any atom is 0.0477 e. The maximum absolute atomic E-state index is 9.75. The van der Waals surface area contributed by atoms with Crippen molar-refractivity contribution in [2.75, 3.05) is 19.7 Å². The average molecular weight is 356 g/mol. The molecule has 0 amide bonds. The molecule has 0 bridgehead atoms. The minimum atomic E-state index is 0.275. The van der Waals surface area contributed by atoms with Crippen LogP contribution >= 0.6 is 22.7 Å². The van der Waals surface area contributed by atoms with Crippen LogP contribution in [0.1, 0.15) is 16.4 Å². The van der Waals surface area contributed by atoms with Gasteiger partial charge in [-0.3, -0.25) is 4.90 Å². The van der Waals surface area contributed by atoms with E-state index >= 15 is 0 Å². The van der Waals surface area contributed by atoms with Gasteiger partial charge >= 0.3 is 0 Å². The van der Waals surface area contributed by atoms with Gasteiger partial charge in [-0.05, 0) is 45.0 Å². The maximum atomic E-state index is 9.75. The fourth-order valence-corrected chi connectivity index (χ4v) is 5.26. The average Bonchev–Trinajstić information content (AvgIpc) is 3.36. The van der Waals surface area contributed by atoms with Crippen LogP contribution in [0.15, 0.2) is 58.6 Å². The number of hydrogen-bond acceptors (Lipinski definition) is 4. The van der Waals surface area contributed by atoms with Crippen molar-refractivity contribution in [3.8, 4) is 11.1 Å². The molecule has 1 aliphatic heterocycles. The lowest BCUT2D eigenvalue weighted by Gasteiger charge is -2.14. The summed E-state index contributed by atoms with van der Waals surface area (Å²) in [6, 6.07) is 15.1. The Morgan fingerprint density at radius 3 is 2.67 bits per heavy atom. The van der Waals surface area contributed by atoms with Crippen LogP contribution in [0.3, 0.4) is 0 Å². The lowest BCUT2D eigenvalue weighted by atomic mass is 9.92. The van der Waals surface area contributed by atoms with Gasteiger partial charge in [-0.2, -0.15) is 11.3 Å². The van der Waals surface area contributed by atoms with Gasteiger partial charge < -0.3 is 5.11 Å². The minimum Gasteiger partial charge on any atom is -0.396 e. The Morgan fingerprint density at radius 2 is 1.92 bits per heavy atom. The van der Waals surface area contributed by atoms with Crippen molar-refractivity contribution >= 4 is 22.7 Å². The van der Waals surface area contributed by atoms with E-state index in [1.807, 2.05) is 11.3 Å². The molecule has 1 N–H and O–H groups in total. The number of aliphatic hydroxyl groups excluding tert-OH is 1. The number of rotatable bonds is 5. The molecule has 0 radical (unpaired) electrons. The lowest BCUT2D eigenvalue weighted by molar-refractivity contribution is 0.214. The summed E-state index contributed by atoms with van der Waals surface area (Å²) in [5, 5.41) is 16.4. The molecule has 24 heavy (non-hydrogen) atoms. The number of benzene rings is 1. The molecular formula is C20H21NOS2. The molecule has 0 aliphatic carbocycles. The number of hydrogen-bond donors (Lipinski definition) is 1. The number of thiophene rings is 2. The molecule has 124 valence electrons. The van der Waals surface area contributed by atoms with Crippen molar-refractivity contribution in [3.63, 3.8) is 0 Å². The monoisotopic (exact) mass is 355 g/mol. The molecule has 3 heterocycles. The lowest BCUT2D eigenvalue weighted by Crippen LogP contribution is -2.20. The van der Waals surface area contributed by atoms with E-state index in [-0.39, 0.29) is 6.61 Å². The third-order valence-corrected chi connectivity index (χ3v) is 6.49. The Labute approximate surface area is 151 Å². The summed E-state index contributed by atoms with van der Waals surface area (Å²) in [4.78, 5) is 3.89. The number of aliphatic hydroxyl groups is 1. The third-order valence-electron chi connectivity index (χ3n) is 4.86. The van der Waals surface area contributed by atoms with Gasteiger partial charge in [0.2, 0.25) is 0 Å². The molecule has 2 aromatic heterocycles. The van der Waals surface area contributed by atoms with E-state index in [1.54, 1.807) is 11.3 Å². The Balaban J connectivity index is 1.46. The summed E-state index contributed by atoms with van der Waals surface area (Å²) in [6.07, 6.45) is 0. The van der Waals surface area contributed by atoms with Gasteiger partial charge in [0, 0.05) is 43.0 Å². The summed E-state index contributed by atoms with van der Waals surface area (Å²) >= 11 is 3.58. The van der Waals surface area contributed by atoms with Gasteiger partial charge in [0.05, 0.1) is 0 Å². The van der Waals surface area contributed by atoms with Crippen molar-refractivity contribution in [1.82, 2.24) is 4.90 Å². The standard InChI is InChI=1S/C20H21NOS2/c22-12-18-9-21(11-20(18)16-6-7-23-13-16)10-19-8-17(14-24-19)15-4-2-1-3-5-15/h1-8,13-14,18,20,22H,9-12H2/t18-,20-/m0/s1. The molecule has 1 aromatic carbocycles. The predicted molar refractivity (Wildman–Crippen MR) is 103 cm³/mol. The first-order chi connectivity index (χ1) is 11.8. The molecule has 0 spiro atoms. The van der Waals surface area contributed by atoms with Crippen LogP contribution < -0.4 is 0 Å². The second-order valence-corrected chi connectivity index (χ2v) is 8.24. The first kappa shape index (κ1) is 16.0. The first-order valence-corrected chi connectivity index (χ1v) is 10.1. The summed E-state index contributed by atoms with van der Waals surface area (Å²) in [6.45, 7) is 3.28. The smallest absolute Gasteiger partial charge is 0.0477 e. The quantitative estimate of drug-likeness (QED) is 0.718. The van der Waals surface area contributed by atoms with Crippen molar-refractivity contribution in [2.45, 2.75) is 12.5 Å². The van der Waals surface area contributed by atoms with Crippen molar-refractivity contribution in [1.29, 1.82) is 0 Å². The third kappa shape index (κ3) is 3.33. The van der Waals surface area contributed by atoms with Gasteiger partial charge in [-0.1, -0.05) is 30.3 Å². The van der Waals surface area contributed by atoms with Crippen LogP contribution in [-0.4, -0.2) is 29.7 Å². The van der Waals surface area contributed by atoms with Gasteiger partial charge in [0.1, 0.15) is 0 Å². The predicted octanol–water partition coefficient (Wildman–Crippen LogP) is 4.68. The molecule has 1 saturated heterocycles. The van der Waals surface area contributed by atoms with E-state index in [4.69, 9.17) is 0 Å². The molecule has 2 nitrogen and oxygen atoms in total. The summed E-state index contributed by atoms with van der Waals surface area (Å²) in [7, 11) is 0. The molecule has 1 fully saturated rings. The van der Waals surface area contributed by atoms with Crippen LogP contribution in [0.2, 0.25) is 0 Å². The largest absolute Gasteiger partial charge is 0.396 e. The Kier molecular flexibility index (Phi) is 4.81. The highest BCUT2D eigenvalue weighted by molar-refractivity contribution is 7.10. The summed E-state index contributed by atoms with van der Waals surface area (Å²) in [5.74, 6) is 0.822. The molecule has 0 saturated carbocycles. The highest BCUT2D eigenvalue weighted by Crippen LogP contribution is 2.35. The van der Waals surface area contributed by atoms with Gasteiger partial charge in [0.15, 0.2) is 0 Å². The van der Waals surface area contributed by atoms with Crippen molar-refractivity contribution in [2.24, 2.45) is 5.92 Å². The molecule has 1 aliphatic rings. The van der Waals surface area contributed by atoms with Crippen LogP contribution in [0.4, 0.5) is 0 Å². The van der Waals surface area contributed by atoms with E-state index < -0.39 is 0 Å².